The fourth-order valence-corrected chi connectivity index (χ4v) is 1.46. The molecule has 1 rings (SSSR count). The zero-order valence-electron chi connectivity index (χ0n) is 10.6. The van der Waals surface area contributed by atoms with Crippen LogP contribution in [0.4, 0.5) is 5.69 Å². The van der Waals surface area contributed by atoms with Crippen molar-refractivity contribution in [2.75, 3.05) is 11.9 Å². The molecule has 0 aromatic heterocycles. The number of nitrogens with two attached hydrogens (primary N) is 1. The molecule has 0 spiro atoms. The minimum absolute atomic E-state index is 0.00442. The van der Waals surface area contributed by atoms with Gasteiger partial charge in [0.05, 0.1) is 0 Å². The molecule has 0 radical (unpaired) electrons. The Morgan fingerprint density at radius 2 is 1.88 bits per heavy atom. The van der Waals surface area contributed by atoms with Crippen molar-refractivity contribution < 1.29 is 5.21 Å². The summed E-state index contributed by atoms with van der Waals surface area (Å²) in [5.41, 5.74) is 7.87. The van der Waals surface area contributed by atoms with Crippen LogP contribution in [0.2, 0.25) is 0 Å². The van der Waals surface area contributed by atoms with Crippen LogP contribution in [0.1, 0.15) is 32.3 Å². The van der Waals surface area contributed by atoms with Gasteiger partial charge in [0.25, 0.3) is 0 Å². The predicted octanol–water partition coefficient (Wildman–Crippen LogP) is 2.60. The van der Waals surface area contributed by atoms with E-state index in [4.69, 9.17) is 10.9 Å². The minimum atomic E-state index is 0.00442. The van der Waals surface area contributed by atoms with Crippen molar-refractivity contribution in [3.8, 4) is 0 Å². The van der Waals surface area contributed by atoms with Gasteiger partial charge in [0.15, 0.2) is 0 Å². The van der Waals surface area contributed by atoms with E-state index in [1.54, 1.807) is 0 Å². The van der Waals surface area contributed by atoms with Crippen LogP contribution >= 0.6 is 0 Å². The molecule has 0 fully saturated rings. The van der Waals surface area contributed by atoms with Crippen LogP contribution in [0.15, 0.2) is 29.4 Å². The Hall–Kier alpha value is -1.71. The number of hydrogen-bond acceptors (Lipinski definition) is 3. The molecule has 0 aliphatic rings. The molecular weight excluding hydrogens is 214 g/mol. The van der Waals surface area contributed by atoms with Crippen molar-refractivity contribution in [3.63, 3.8) is 0 Å². The molecule has 4 nitrogen and oxygen atoms in total. The molecule has 4 heteroatoms. The first-order valence-electron chi connectivity index (χ1n) is 5.85. The van der Waals surface area contributed by atoms with Crippen LogP contribution in [0, 0.1) is 5.92 Å². The lowest BCUT2D eigenvalue weighted by Crippen LogP contribution is -2.27. The highest BCUT2D eigenvalue weighted by molar-refractivity contribution is 5.82. The van der Waals surface area contributed by atoms with Crippen molar-refractivity contribution in [2.24, 2.45) is 16.8 Å². The smallest absolute Gasteiger partial charge is 0.143 e. The molecule has 0 amide bonds. The minimum Gasteiger partial charge on any atom is -0.409 e. The van der Waals surface area contributed by atoms with Gasteiger partial charge in [0.1, 0.15) is 5.84 Å². The van der Waals surface area contributed by atoms with Gasteiger partial charge in [-0.25, -0.2) is 0 Å². The first-order chi connectivity index (χ1) is 8.04. The Bertz CT molecular complexity index is 371. The zero-order chi connectivity index (χ0) is 12.8. The molecule has 17 heavy (non-hydrogen) atoms. The second kappa shape index (κ2) is 6.13. The average Bonchev–Trinajstić information content (AvgIpc) is 2.35. The van der Waals surface area contributed by atoms with E-state index in [0.717, 1.165) is 5.69 Å². The lowest BCUT2D eigenvalue weighted by molar-refractivity contribution is 0.315. The highest BCUT2D eigenvalue weighted by Gasteiger charge is 2.07. The van der Waals surface area contributed by atoms with E-state index < -0.39 is 0 Å². The Kier molecular flexibility index (Phi) is 4.82. The van der Waals surface area contributed by atoms with E-state index in [0.29, 0.717) is 12.5 Å². The molecule has 0 bridgehead atoms. The molecule has 1 atom stereocenters. The van der Waals surface area contributed by atoms with Gasteiger partial charge in [-0.1, -0.05) is 38.1 Å². The molecule has 0 saturated heterocycles. The fraction of sp³-hybridized carbons (Fsp3) is 0.462. The van der Waals surface area contributed by atoms with Crippen LogP contribution in [0.25, 0.3) is 0 Å². The first-order valence-corrected chi connectivity index (χ1v) is 5.85. The average molecular weight is 235 g/mol. The normalized spacial score (nSPS) is 13.8. The molecule has 1 aromatic carbocycles. The van der Waals surface area contributed by atoms with Gasteiger partial charge in [-0.2, -0.15) is 0 Å². The van der Waals surface area contributed by atoms with Gasteiger partial charge >= 0.3 is 0 Å². The molecule has 1 unspecified atom stereocenters. The number of hydrogen-bond donors (Lipinski definition) is 3. The molecule has 0 saturated carbocycles. The number of benzene rings is 1. The Morgan fingerprint density at radius 3 is 2.35 bits per heavy atom. The van der Waals surface area contributed by atoms with Crippen molar-refractivity contribution >= 4 is 11.5 Å². The third kappa shape index (κ3) is 3.98. The number of anilines is 1. The van der Waals surface area contributed by atoms with Gasteiger partial charge < -0.3 is 16.3 Å². The third-order valence-corrected chi connectivity index (χ3v) is 2.81. The summed E-state index contributed by atoms with van der Waals surface area (Å²) in [5.74, 6) is 0.793. The van der Waals surface area contributed by atoms with Crippen LogP contribution < -0.4 is 11.1 Å². The Balaban J connectivity index is 2.53. The summed E-state index contributed by atoms with van der Waals surface area (Å²) < 4.78 is 0. The van der Waals surface area contributed by atoms with Gasteiger partial charge in [-0.05, 0) is 23.6 Å². The maximum atomic E-state index is 8.54. The van der Waals surface area contributed by atoms with E-state index >= 15 is 0 Å². The number of nitrogens with zero attached hydrogens (tertiary/aromatic N) is 1. The summed E-state index contributed by atoms with van der Waals surface area (Å²) >= 11 is 0. The van der Waals surface area contributed by atoms with Crippen molar-refractivity contribution in [1.82, 2.24) is 0 Å². The first kappa shape index (κ1) is 13.4. The quantitative estimate of drug-likeness (QED) is 0.318. The summed E-state index contributed by atoms with van der Waals surface area (Å²) in [4.78, 5) is 0. The lowest BCUT2D eigenvalue weighted by Gasteiger charge is -2.13. The molecule has 0 heterocycles. The van der Waals surface area contributed by atoms with E-state index in [1.807, 2.05) is 19.1 Å². The summed E-state index contributed by atoms with van der Waals surface area (Å²) in [6.07, 6.45) is 0. The molecule has 4 N–H and O–H groups in total. The van der Waals surface area contributed by atoms with E-state index in [-0.39, 0.29) is 11.8 Å². The monoisotopic (exact) mass is 235 g/mol. The fourth-order valence-electron chi connectivity index (χ4n) is 1.46. The lowest BCUT2D eigenvalue weighted by atomic mass is 10.0. The highest BCUT2D eigenvalue weighted by Crippen LogP contribution is 2.17. The number of rotatable bonds is 5. The second-order valence-corrected chi connectivity index (χ2v) is 4.58. The van der Waals surface area contributed by atoms with Crippen LogP contribution in [0.5, 0.6) is 0 Å². The number of oxime groups is 1. The van der Waals surface area contributed by atoms with Crippen LogP contribution in [-0.2, 0) is 0 Å². The van der Waals surface area contributed by atoms with E-state index in [2.05, 4.69) is 36.5 Å². The predicted molar refractivity (Wildman–Crippen MR) is 71.6 cm³/mol. The topological polar surface area (TPSA) is 70.6 Å². The van der Waals surface area contributed by atoms with Crippen LogP contribution in [0.3, 0.4) is 0 Å². The summed E-state index contributed by atoms with van der Waals surface area (Å²) in [5, 5.41) is 14.8. The Morgan fingerprint density at radius 1 is 1.29 bits per heavy atom. The Labute approximate surface area is 103 Å². The van der Waals surface area contributed by atoms with Crippen molar-refractivity contribution in [2.45, 2.75) is 26.7 Å². The SMILES string of the molecule is CC(CNc1ccc(C(C)C)cc1)C(N)=NO. The number of nitrogens with one attached hydrogen (secondary N) is 1. The van der Waals surface area contributed by atoms with Gasteiger partial charge in [0.2, 0.25) is 0 Å². The maximum absolute atomic E-state index is 8.54. The molecule has 1 aromatic rings. The molecule has 94 valence electrons. The summed E-state index contributed by atoms with van der Waals surface area (Å²) in [6, 6.07) is 8.32. The molecular formula is C13H21N3O. The van der Waals surface area contributed by atoms with Crippen LogP contribution in [-0.4, -0.2) is 17.6 Å². The van der Waals surface area contributed by atoms with E-state index in [9.17, 15) is 0 Å². The molecule has 0 aliphatic carbocycles. The van der Waals surface area contributed by atoms with Gasteiger partial charge in [-0.3, -0.25) is 0 Å². The van der Waals surface area contributed by atoms with Crippen molar-refractivity contribution in [3.05, 3.63) is 29.8 Å². The second-order valence-electron chi connectivity index (χ2n) is 4.58. The third-order valence-electron chi connectivity index (χ3n) is 2.81. The number of amidine groups is 1. The highest BCUT2D eigenvalue weighted by atomic mass is 16.4. The summed E-state index contributed by atoms with van der Waals surface area (Å²) in [7, 11) is 0. The zero-order valence-corrected chi connectivity index (χ0v) is 10.6. The largest absolute Gasteiger partial charge is 0.409 e. The van der Waals surface area contributed by atoms with E-state index in [1.165, 1.54) is 5.56 Å². The van der Waals surface area contributed by atoms with Crippen molar-refractivity contribution in [1.29, 1.82) is 0 Å². The van der Waals surface area contributed by atoms with Gasteiger partial charge in [-0.15, -0.1) is 0 Å². The van der Waals surface area contributed by atoms with Gasteiger partial charge in [0, 0.05) is 18.2 Å². The maximum Gasteiger partial charge on any atom is 0.143 e. The summed E-state index contributed by atoms with van der Waals surface area (Å²) in [6.45, 7) is 6.90. The molecule has 0 aliphatic heterocycles. The standard InChI is InChI=1S/C13H21N3O/c1-9(2)11-4-6-12(7-5-11)15-8-10(3)13(14)16-17/h4-7,9-10,15,17H,8H2,1-3H3,(H2,14,16).